The molecule has 1 heterocycles. The Morgan fingerprint density at radius 3 is 2.55 bits per heavy atom. The number of anilines is 1. The van der Waals surface area contributed by atoms with Crippen LogP contribution in [0.15, 0.2) is 29.3 Å². The lowest BCUT2D eigenvalue weighted by Gasteiger charge is -2.38. The van der Waals surface area contributed by atoms with Crippen molar-refractivity contribution in [1.82, 2.24) is 15.1 Å². The van der Waals surface area contributed by atoms with E-state index in [4.69, 9.17) is 9.47 Å². The maximum atomic E-state index is 5.35. The van der Waals surface area contributed by atoms with E-state index >= 15 is 0 Å². The summed E-state index contributed by atoms with van der Waals surface area (Å²) in [7, 11) is 5.36. The van der Waals surface area contributed by atoms with E-state index in [9.17, 15) is 0 Å². The molecular weight excluding hydrogens is 481 g/mol. The molecule has 2 aliphatic rings. The standard InChI is InChI=1S/C21H35N5O2.HI/c1-22-21(23-9-10-24(15-16-27-2)18-7-8-18)26-13-11-25(12-14-26)19-5-4-6-20(17-19)28-3;/h4-6,17-18H,7-16H2,1-3H3,(H,22,23);1H. The molecule has 0 amide bonds. The number of guanidine groups is 1. The van der Waals surface area contributed by atoms with E-state index in [0.29, 0.717) is 0 Å². The van der Waals surface area contributed by atoms with Crippen molar-refractivity contribution < 1.29 is 9.47 Å². The molecule has 1 aliphatic carbocycles. The van der Waals surface area contributed by atoms with Crippen LogP contribution < -0.4 is 15.0 Å². The number of aliphatic imine (C=N–C) groups is 1. The monoisotopic (exact) mass is 517 g/mol. The largest absolute Gasteiger partial charge is 0.497 e. The fourth-order valence-electron chi connectivity index (χ4n) is 3.75. The molecule has 1 aromatic carbocycles. The van der Waals surface area contributed by atoms with E-state index in [-0.39, 0.29) is 24.0 Å². The number of rotatable bonds is 9. The van der Waals surface area contributed by atoms with Gasteiger partial charge in [-0.15, -0.1) is 24.0 Å². The molecule has 164 valence electrons. The van der Waals surface area contributed by atoms with E-state index in [1.54, 1.807) is 14.2 Å². The van der Waals surface area contributed by atoms with Crippen molar-refractivity contribution in [3.8, 4) is 5.75 Å². The predicted octanol–water partition coefficient (Wildman–Crippen LogP) is 2.12. The van der Waals surface area contributed by atoms with Gasteiger partial charge in [0.05, 0.1) is 13.7 Å². The molecule has 1 saturated heterocycles. The topological polar surface area (TPSA) is 52.6 Å². The van der Waals surface area contributed by atoms with E-state index < -0.39 is 0 Å². The van der Waals surface area contributed by atoms with Crippen LogP contribution in [0, 0.1) is 0 Å². The summed E-state index contributed by atoms with van der Waals surface area (Å²) in [4.78, 5) is 11.8. The second-order valence-corrected chi connectivity index (χ2v) is 7.41. The number of nitrogens with one attached hydrogen (secondary N) is 1. The van der Waals surface area contributed by atoms with Gasteiger partial charge in [0.25, 0.3) is 0 Å². The van der Waals surface area contributed by atoms with Gasteiger partial charge in [-0.05, 0) is 25.0 Å². The molecule has 0 bridgehead atoms. The molecule has 0 radical (unpaired) electrons. The highest BCUT2D eigenvalue weighted by Gasteiger charge is 2.28. The van der Waals surface area contributed by atoms with Crippen LogP contribution in [0.1, 0.15) is 12.8 Å². The van der Waals surface area contributed by atoms with Crippen LogP contribution >= 0.6 is 24.0 Å². The highest BCUT2D eigenvalue weighted by atomic mass is 127. The minimum absolute atomic E-state index is 0. The second-order valence-electron chi connectivity index (χ2n) is 7.41. The molecule has 0 spiro atoms. The molecule has 1 N–H and O–H groups in total. The van der Waals surface area contributed by atoms with Gasteiger partial charge in [-0.3, -0.25) is 9.89 Å². The van der Waals surface area contributed by atoms with Crippen LogP contribution in [0.4, 0.5) is 5.69 Å². The van der Waals surface area contributed by atoms with Crippen molar-refractivity contribution in [3.63, 3.8) is 0 Å². The van der Waals surface area contributed by atoms with E-state index in [1.807, 2.05) is 13.1 Å². The number of benzene rings is 1. The molecule has 0 aromatic heterocycles. The molecule has 0 atom stereocenters. The van der Waals surface area contributed by atoms with E-state index in [0.717, 1.165) is 70.2 Å². The number of methoxy groups -OCH3 is 2. The summed E-state index contributed by atoms with van der Waals surface area (Å²) in [6.07, 6.45) is 2.65. The van der Waals surface area contributed by atoms with Gasteiger partial charge in [0.2, 0.25) is 0 Å². The highest BCUT2D eigenvalue weighted by Crippen LogP contribution is 2.26. The highest BCUT2D eigenvalue weighted by molar-refractivity contribution is 14.0. The maximum absolute atomic E-state index is 5.35. The normalized spacial score (nSPS) is 17.3. The lowest BCUT2D eigenvalue weighted by Crippen LogP contribution is -2.53. The lowest BCUT2D eigenvalue weighted by molar-refractivity contribution is 0.144. The third kappa shape index (κ3) is 7.18. The summed E-state index contributed by atoms with van der Waals surface area (Å²) in [5, 5.41) is 3.56. The van der Waals surface area contributed by atoms with Crippen molar-refractivity contribution >= 4 is 35.6 Å². The van der Waals surface area contributed by atoms with Gasteiger partial charge in [0.1, 0.15) is 5.75 Å². The molecule has 3 rings (SSSR count). The minimum Gasteiger partial charge on any atom is -0.497 e. The molecule has 1 saturated carbocycles. The smallest absolute Gasteiger partial charge is 0.193 e. The van der Waals surface area contributed by atoms with Crippen LogP contribution in [0.25, 0.3) is 0 Å². The van der Waals surface area contributed by atoms with Gasteiger partial charge in [-0.25, -0.2) is 0 Å². The van der Waals surface area contributed by atoms with Crippen molar-refractivity contribution in [3.05, 3.63) is 24.3 Å². The van der Waals surface area contributed by atoms with Gasteiger partial charge in [-0.1, -0.05) is 6.07 Å². The van der Waals surface area contributed by atoms with Gasteiger partial charge >= 0.3 is 0 Å². The Morgan fingerprint density at radius 2 is 1.93 bits per heavy atom. The number of hydrogen-bond donors (Lipinski definition) is 1. The number of ether oxygens (including phenoxy) is 2. The number of hydrogen-bond acceptors (Lipinski definition) is 5. The maximum Gasteiger partial charge on any atom is 0.193 e. The SMILES string of the molecule is CN=C(NCCN(CCOC)C1CC1)N1CCN(c2cccc(OC)c2)CC1.I. The lowest BCUT2D eigenvalue weighted by atomic mass is 10.2. The summed E-state index contributed by atoms with van der Waals surface area (Å²) in [5.74, 6) is 1.92. The number of halogens is 1. The Kier molecular flexibility index (Phi) is 10.3. The summed E-state index contributed by atoms with van der Waals surface area (Å²) in [6.45, 7) is 7.67. The van der Waals surface area contributed by atoms with Crippen LogP contribution in [0.5, 0.6) is 5.75 Å². The number of nitrogens with zero attached hydrogens (tertiary/aromatic N) is 4. The average molecular weight is 517 g/mol. The first-order chi connectivity index (χ1) is 13.7. The predicted molar refractivity (Wildman–Crippen MR) is 130 cm³/mol. The summed E-state index contributed by atoms with van der Waals surface area (Å²) >= 11 is 0. The summed E-state index contributed by atoms with van der Waals surface area (Å²) in [6, 6.07) is 9.05. The van der Waals surface area contributed by atoms with E-state index in [1.165, 1.54) is 18.5 Å². The van der Waals surface area contributed by atoms with Crippen molar-refractivity contribution in [2.45, 2.75) is 18.9 Å². The molecule has 1 aromatic rings. The molecule has 29 heavy (non-hydrogen) atoms. The van der Waals surface area contributed by atoms with Crippen LogP contribution in [-0.2, 0) is 4.74 Å². The molecule has 0 unspecified atom stereocenters. The fraction of sp³-hybridized carbons (Fsp3) is 0.667. The number of piperazine rings is 1. The zero-order valence-electron chi connectivity index (χ0n) is 18.0. The third-order valence-corrected chi connectivity index (χ3v) is 5.54. The Hall–Kier alpha value is -1.26. The Balaban J connectivity index is 0.00000300. The summed E-state index contributed by atoms with van der Waals surface area (Å²) < 4.78 is 10.6. The first-order valence-electron chi connectivity index (χ1n) is 10.3. The summed E-state index contributed by atoms with van der Waals surface area (Å²) in [5.41, 5.74) is 1.22. The zero-order chi connectivity index (χ0) is 19.8. The first-order valence-corrected chi connectivity index (χ1v) is 10.3. The molecular formula is C21H36IN5O2. The second kappa shape index (κ2) is 12.4. The molecule has 2 fully saturated rings. The van der Waals surface area contributed by atoms with Gasteiger partial charge in [-0.2, -0.15) is 0 Å². The third-order valence-electron chi connectivity index (χ3n) is 5.54. The van der Waals surface area contributed by atoms with Crippen LogP contribution in [-0.4, -0.2) is 95.5 Å². The Morgan fingerprint density at radius 1 is 1.17 bits per heavy atom. The van der Waals surface area contributed by atoms with Crippen molar-refractivity contribution in [1.29, 1.82) is 0 Å². The Labute approximate surface area is 192 Å². The van der Waals surface area contributed by atoms with Crippen molar-refractivity contribution in [2.75, 3.05) is 78.6 Å². The van der Waals surface area contributed by atoms with Gasteiger partial charge in [0, 0.05) is 77.8 Å². The minimum atomic E-state index is 0. The van der Waals surface area contributed by atoms with E-state index in [2.05, 4.69) is 43.2 Å². The molecule has 1 aliphatic heterocycles. The Bertz CT molecular complexity index is 633. The molecule has 7 nitrogen and oxygen atoms in total. The molecule has 8 heteroatoms. The van der Waals surface area contributed by atoms with Gasteiger partial charge in [0.15, 0.2) is 5.96 Å². The fourth-order valence-corrected chi connectivity index (χ4v) is 3.75. The van der Waals surface area contributed by atoms with Gasteiger partial charge < -0.3 is 24.6 Å². The van der Waals surface area contributed by atoms with Crippen LogP contribution in [0.2, 0.25) is 0 Å². The van der Waals surface area contributed by atoms with Crippen molar-refractivity contribution in [2.24, 2.45) is 4.99 Å². The van der Waals surface area contributed by atoms with Crippen LogP contribution in [0.3, 0.4) is 0 Å². The zero-order valence-corrected chi connectivity index (χ0v) is 20.3. The first kappa shape index (κ1) is 24.0. The average Bonchev–Trinajstić information content (AvgIpc) is 3.59. The quantitative estimate of drug-likeness (QED) is 0.308.